The lowest BCUT2D eigenvalue weighted by Crippen LogP contribution is -2.31. The average molecular weight is 318 g/mol. The number of likely N-dealkylation sites (tertiary alicyclic amines) is 1. The Balaban J connectivity index is 0.000000277. The largest absolute Gasteiger partial charge is 0.459 e. The van der Waals surface area contributed by atoms with E-state index in [1.165, 1.54) is 0 Å². The van der Waals surface area contributed by atoms with Crippen molar-refractivity contribution in [3.05, 3.63) is 30.3 Å². The van der Waals surface area contributed by atoms with Crippen LogP contribution in [0.4, 0.5) is 0 Å². The summed E-state index contributed by atoms with van der Waals surface area (Å²) >= 11 is 0. The van der Waals surface area contributed by atoms with Gasteiger partial charge in [0.15, 0.2) is 5.58 Å². The molecule has 0 bridgehead atoms. The molecule has 0 saturated carbocycles. The van der Waals surface area contributed by atoms with Crippen LogP contribution in [0.1, 0.15) is 45.3 Å². The van der Waals surface area contributed by atoms with E-state index in [0.29, 0.717) is 5.92 Å². The van der Waals surface area contributed by atoms with Crippen molar-refractivity contribution in [3.63, 3.8) is 0 Å². The van der Waals surface area contributed by atoms with E-state index in [1.807, 2.05) is 31.7 Å². The molecule has 3 heterocycles. The standard InChI is InChI=1S/C13H14N2O2.C5H12O/c16-9-15-5-2-10(3-6-15)12-7-11-1-4-14-8-13(11)17-12;1-5(2,3)6-4/h1,4,7-10H,2-3,5-6H2;1-4H3. The SMILES string of the molecule is COC(C)(C)C.O=CN1CCC(c2cc3ccncc3o2)CC1. The van der Waals surface area contributed by atoms with Crippen LogP contribution in [0.5, 0.6) is 0 Å². The van der Waals surface area contributed by atoms with Gasteiger partial charge in [0.2, 0.25) is 6.41 Å². The third kappa shape index (κ3) is 5.06. The minimum atomic E-state index is 0.0417. The quantitative estimate of drug-likeness (QED) is 0.794. The molecule has 2 aromatic rings. The summed E-state index contributed by atoms with van der Waals surface area (Å²) in [6.45, 7) is 7.71. The highest BCUT2D eigenvalue weighted by Crippen LogP contribution is 2.31. The second-order valence-corrected chi connectivity index (χ2v) is 6.79. The monoisotopic (exact) mass is 318 g/mol. The average Bonchev–Trinajstić information content (AvgIpc) is 2.99. The van der Waals surface area contributed by atoms with Crippen LogP contribution in [-0.4, -0.2) is 42.1 Å². The van der Waals surface area contributed by atoms with Crippen LogP contribution in [0.2, 0.25) is 0 Å². The molecule has 1 saturated heterocycles. The lowest BCUT2D eigenvalue weighted by atomic mass is 9.94. The summed E-state index contributed by atoms with van der Waals surface area (Å²) in [5.41, 5.74) is 0.889. The van der Waals surface area contributed by atoms with E-state index in [9.17, 15) is 4.79 Å². The number of nitrogens with zero attached hydrogens (tertiary/aromatic N) is 2. The Morgan fingerprint density at radius 1 is 1.35 bits per heavy atom. The second-order valence-electron chi connectivity index (χ2n) is 6.79. The first-order chi connectivity index (χ1) is 10.9. The van der Waals surface area contributed by atoms with Gasteiger partial charge in [-0.05, 0) is 45.7 Å². The fourth-order valence-electron chi connectivity index (χ4n) is 2.40. The molecule has 0 unspecified atom stereocenters. The van der Waals surface area contributed by atoms with Gasteiger partial charge in [-0.15, -0.1) is 0 Å². The first kappa shape index (κ1) is 17.5. The fourth-order valence-corrected chi connectivity index (χ4v) is 2.40. The molecule has 0 N–H and O–H groups in total. The van der Waals surface area contributed by atoms with Crippen molar-refractivity contribution in [1.29, 1.82) is 0 Å². The lowest BCUT2D eigenvalue weighted by molar-refractivity contribution is -0.119. The number of pyridine rings is 1. The Bertz CT molecular complexity index is 589. The van der Waals surface area contributed by atoms with Crippen LogP contribution in [0, 0.1) is 0 Å². The highest BCUT2D eigenvalue weighted by Gasteiger charge is 2.22. The number of hydrogen-bond acceptors (Lipinski definition) is 4. The molecule has 5 nitrogen and oxygen atoms in total. The number of furan rings is 1. The number of amides is 1. The van der Waals surface area contributed by atoms with E-state index in [4.69, 9.17) is 9.15 Å². The number of fused-ring (bicyclic) bond motifs is 1. The molecular weight excluding hydrogens is 292 g/mol. The molecule has 1 aliphatic rings. The highest BCUT2D eigenvalue weighted by atomic mass is 16.5. The van der Waals surface area contributed by atoms with E-state index in [1.54, 1.807) is 19.5 Å². The topological polar surface area (TPSA) is 55.6 Å². The van der Waals surface area contributed by atoms with Crippen LogP contribution < -0.4 is 0 Å². The maximum atomic E-state index is 10.6. The predicted octanol–water partition coefficient (Wildman–Crippen LogP) is 3.59. The Morgan fingerprint density at radius 3 is 2.52 bits per heavy atom. The molecule has 5 heteroatoms. The zero-order valence-corrected chi connectivity index (χ0v) is 14.4. The van der Waals surface area contributed by atoms with Crippen molar-refractivity contribution in [1.82, 2.24) is 9.88 Å². The first-order valence-electron chi connectivity index (χ1n) is 8.01. The maximum absolute atomic E-state index is 10.6. The van der Waals surface area contributed by atoms with Gasteiger partial charge >= 0.3 is 0 Å². The molecule has 126 valence electrons. The van der Waals surface area contributed by atoms with Gasteiger partial charge in [-0.2, -0.15) is 0 Å². The first-order valence-corrected chi connectivity index (χ1v) is 8.01. The molecule has 23 heavy (non-hydrogen) atoms. The summed E-state index contributed by atoms with van der Waals surface area (Å²) in [6, 6.07) is 4.06. The van der Waals surface area contributed by atoms with E-state index in [2.05, 4.69) is 11.1 Å². The van der Waals surface area contributed by atoms with Crippen LogP contribution in [0.3, 0.4) is 0 Å². The number of aromatic nitrogens is 1. The van der Waals surface area contributed by atoms with E-state index in [-0.39, 0.29) is 5.60 Å². The van der Waals surface area contributed by atoms with Crippen molar-refractivity contribution in [3.8, 4) is 0 Å². The summed E-state index contributed by atoms with van der Waals surface area (Å²) in [6.07, 6.45) is 6.41. The molecule has 3 rings (SSSR count). The van der Waals surface area contributed by atoms with Crippen molar-refractivity contribution in [2.45, 2.75) is 45.1 Å². The number of hydrogen-bond donors (Lipinski definition) is 0. The van der Waals surface area contributed by atoms with Crippen LogP contribution in [-0.2, 0) is 9.53 Å². The number of rotatable bonds is 2. The minimum absolute atomic E-state index is 0.0417. The van der Waals surface area contributed by atoms with Gasteiger partial charge in [0.1, 0.15) is 5.76 Å². The normalized spacial score (nSPS) is 16.1. The van der Waals surface area contributed by atoms with E-state index < -0.39 is 0 Å². The van der Waals surface area contributed by atoms with Crippen molar-refractivity contribution >= 4 is 17.4 Å². The fraction of sp³-hybridized carbons (Fsp3) is 0.556. The number of carbonyl (C=O) groups excluding carboxylic acids is 1. The zero-order valence-electron chi connectivity index (χ0n) is 14.4. The van der Waals surface area contributed by atoms with Gasteiger partial charge < -0.3 is 14.1 Å². The highest BCUT2D eigenvalue weighted by molar-refractivity contribution is 5.76. The third-order valence-corrected chi connectivity index (χ3v) is 4.04. The summed E-state index contributed by atoms with van der Waals surface area (Å²) in [5, 5.41) is 1.10. The van der Waals surface area contributed by atoms with Gasteiger partial charge in [-0.3, -0.25) is 9.78 Å². The Hall–Kier alpha value is -1.88. The molecular formula is C18H26N2O3. The van der Waals surface area contributed by atoms with Crippen LogP contribution in [0.25, 0.3) is 11.0 Å². The van der Waals surface area contributed by atoms with Gasteiger partial charge in [0.05, 0.1) is 11.8 Å². The summed E-state index contributed by atoms with van der Waals surface area (Å²) in [5.74, 6) is 1.46. The summed E-state index contributed by atoms with van der Waals surface area (Å²) < 4.78 is 10.7. The van der Waals surface area contributed by atoms with Gasteiger partial charge in [0, 0.05) is 37.7 Å². The molecule has 0 aliphatic carbocycles. The van der Waals surface area contributed by atoms with Crippen molar-refractivity contribution in [2.75, 3.05) is 20.2 Å². The molecule has 0 aromatic carbocycles. The van der Waals surface area contributed by atoms with Crippen molar-refractivity contribution in [2.24, 2.45) is 0 Å². The smallest absolute Gasteiger partial charge is 0.209 e. The van der Waals surface area contributed by atoms with Crippen LogP contribution >= 0.6 is 0 Å². The number of piperidine rings is 1. The molecule has 0 radical (unpaired) electrons. The Labute approximate surface area is 137 Å². The van der Waals surface area contributed by atoms with Gasteiger partial charge in [-0.1, -0.05) is 0 Å². The second kappa shape index (κ2) is 7.59. The molecule has 0 atom stereocenters. The Kier molecular flexibility index (Phi) is 5.77. The molecule has 2 aromatic heterocycles. The number of carbonyl (C=O) groups is 1. The zero-order chi connectivity index (χ0) is 16.9. The molecule has 1 amide bonds. The van der Waals surface area contributed by atoms with Gasteiger partial charge in [0.25, 0.3) is 0 Å². The van der Waals surface area contributed by atoms with Crippen molar-refractivity contribution < 1.29 is 13.9 Å². The summed E-state index contributed by atoms with van der Waals surface area (Å²) in [4.78, 5) is 16.5. The Morgan fingerprint density at radius 2 is 2.00 bits per heavy atom. The number of methoxy groups -OCH3 is 1. The minimum Gasteiger partial charge on any atom is -0.459 e. The molecule has 0 spiro atoms. The molecule has 1 fully saturated rings. The van der Waals surface area contributed by atoms with Gasteiger partial charge in [-0.25, -0.2) is 0 Å². The maximum Gasteiger partial charge on any atom is 0.209 e. The number of ether oxygens (including phenoxy) is 1. The lowest BCUT2D eigenvalue weighted by Gasteiger charge is -2.27. The predicted molar refractivity (Wildman–Crippen MR) is 90.4 cm³/mol. The van der Waals surface area contributed by atoms with E-state index in [0.717, 1.165) is 49.1 Å². The summed E-state index contributed by atoms with van der Waals surface area (Å²) in [7, 11) is 1.71. The molecule has 1 aliphatic heterocycles. The third-order valence-electron chi connectivity index (χ3n) is 4.04. The van der Waals surface area contributed by atoms with E-state index >= 15 is 0 Å². The van der Waals surface area contributed by atoms with Crippen LogP contribution in [0.15, 0.2) is 28.9 Å².